The molecule has 0 aliphatic carbocycles. The molecule has 0 spiro atoms. The van der Waals surface area contributed by atoms with Crippen molar-refractivity contribution < 1.29 is 15.8 Å². The van der Waals surface area contributed by atoms with E-state index in [4.69, 9.17) is 7.35 Å². The van der Waals surface area contributed by atoms with Crippen molar-refractivity contribution in [2.45, 2.75) is 18.7 Å². The Labute approximate surface area is 179 Å². The van der Waals surface area contributed by atoms with Crippen LogP contribution >= 0.6 is 20.2 Å². The van der Waals surface area contributed by atoms with Gasteiger partial charge in [-0.15, -0.1) is 0 Å². The SMILES string of the molecule is CO/N=C/c1cc(C)ccc1I(OS(=O)(=O)c1ccc(C)cc1)c1ccccc1. The summed E-state index contributed by atoms with van der Waals surface area (Å²) in [7, 11) is -2.46. The molecule has 0 saturated heterocycles. The fraction of sp³-hybridized carbons (Fsp3) is 0.136. The summed E-state index contributed by atoms with van der Waals surface area (Å²) in [6, 6.07) is 22.0. The molecule has 0 aliphatic rings. The Bertz CT molecular complexity index is 1100. The predicted octanol–water partition coefficient (Wildman–Crippen LogP) is 5.15. The van der Waals surface area contributed by atoms with E-state index >= 15 is 0 Å². The molecule has 0 atom stereocenters. The van der Waals surface area contributed by atoms with E-state index < -0.39 is 30.4 Å². The molecule has 0 fully saturated rings. The molecule has 5 nitrogen and oxygen atoms in total. The second kappa shape index (κ2) is 9.51. The number of halogens is 1. The van der Waals surface area contributed by atoms with Crippen LogP contribution in [0.5, 0.6) is 0 Å². The Morgan fingerprint density at radius 1 is 0.897 bits per heavy atom. The molecule has 0 N–H and O–H groups in total. The van der Waals surface area contributed by atoms with Crippen LogP contribution in [-0.4, -0.2) is 21.7 Å². The van der Waals surface area contributed by atoms with Gasteiger partial charge in [0.2, 0.25) is 0 Å². The first-order chi connectivity index (χ1) is 13.9. The Kier molecular flexibility index (Phi) is 7.05. The third-order valence-corrected chi connectivity index (χ3v) is 11.5. The number of hydrogen-bond donors (Lipinski definition) is 0. The van der Waals surface area contributed by atoms with Crippen LogP contribution in [0, 0.1) is 21.0 Å². The summed E-state index contributed by atoms with van der Waals surface area (Å²) >= 11 is -2.82. The zero-order chi connectivity index (χ0) is 20.9. The van der Waals surface area contributed by atoms with Gasteiger partial charge in [0, 0.05) is 0 Å². The molecule has 0 aliphatic heterocycles. The van der Waals surface area contributed by atoms with Crippen LogP contribution in [0.15, 0.2) is 82.8 Å². The van der Waals surface area contributed by atoms with E-state index in [2.05, 4.69) is 5.16 Å². The van der Waals surface area contributed by atoms with Crippen LogP contribution < -0.4 is 0 Å². The fourth-order valence-corrected chi connectivity index (χ4v) is 9.77. The summed E-state index contributed by atoms with van der Waals surface area (Å²) in [5.74, 6) is 0. The van der Waals surface area contributed by atoms with Gasteiger partial charge in [-0.05, 0) is 0 Å². The van der Waals surface area contributed by atoms with Gasteiger partial charge < -0.3 is 0 Å². The summed E-state index contributed by atoms with van der Waals surface area (Å²) in [5, 5.41) is 3.88. The molecule has 0 saturated carbocycles. The molecule has 29 heavy (non-hydrogen) atoms. The minimum atomic E-state index is -3.93. The topological polar surface area (TPSA) is 65.0 Å². The van der Waals surface area contributed by atoms with Crippen LogP contribution in [0.3, 0.4) is 0 Å². The van der Waals surface area contributed by atoms with Crippen LogP contribution in [0.2, 0.25) is 0 Å². The molecule has 0 radical (unpaired) electrons. The molecular weight excluding hydrogens is 501 g/mol. The molecule has 7 heteroatoms. The van der Waals surface area contributed by atoms with Crippen molar-refractivity contribution in [3.8, 4) is 0 Å². The Hall–Kier alpha value is -2.23. The maximum absolute atomic E-state index is 13.1. The van der Waals surface area contributed by atoms with Gasteiger partial charge in [-0.3, -0.25) is 0 Å². The average Bonchev–Trinajstić information content (AvgIpc) is 2.72. The van der Waals surface area contributed by atoms with Crippen molar-refractivity contribution in [3.05, 3.63) is 96.6 Å². The monoisotopic (exact) mass is 523 g/mol. The third kappa shape index (κ3) is 5.43. The molecule has 152 valence electrons. The van der Waals surface area contributed by atoms with E-state index in [1.807, 2.05) is 62.4 Å². The van der Waals surface area contributed by atoms with E-state index in [0.717, 1.165) is 23.8 Å². The van der Waals surface area contributed by atoms with Gasteiger partial charge in [0.1, 0.15) is 0 Å². The van der Waals surface area contributed by atoms with Crippen molar-refractivity contribution in [3.63, 3.8) is 0 Å². The number of nitrogens with zero attached hydrogens (tertiary/aromatic N) is 1. The van der Waals surface area contributed by atoms with Gasteiger partial charge in [-0.1, -0.05) is 0 Å². The van der Waals surface area contributed by atoms with E-state index in [1.165, 1.54) is 7.11 Å². The van der Waals surface area contributed by atoms with E-state index in [1.54, 1.807) is 30.5 Å². The second-order valence-electron chi connectivity index (χ2n) is 6.32. The van der Waals surface area contributed by atoms with Gasteiger partial charge in [0.15, 0.2) is 0 Å². The van der Waals surface area contributed by atoms with Crippen LogP contribution in [-0.2, 0) is 17.5 Å². The molecule has 0 unspecified atom stereocenters. The van der Waals surface area contributed by atoms with Gasteiger partial charge in [0.25, 0.3) is 0 Å². The Morgan fingerprint density at radius 3 is 2.21 bits per heavy atom. The van der Waals surface area contributed by atoms with Gasteiger partial charge >= 0.3 is 180 Å². The van der Waals surface area contributed by atoms with Crippen molar-refractivity contribution in [1.82, 2.24) is 0 Å². The van der Waals surface area contributed by atoms with E-state index in [0.29, 0.717) is 0 Å². The Balaban J connectivity index is 2.10. The number of aryl methyl sites for hydroxylation is 2. The number of oxime groups is 1. The summed E-state index contributed by atoms with van der Waals surface area (Å²) in [6.07, 6.45) is 1.59. The van der Waals surface area contributed by atoms with Crippen molar-refractivity contribution in [2.24, 2.45) is 5.16 Å². The molecular formula is C22H22INO4S. The van der Waals surface area contributed by atoms with Crippen LogP contribution in [0.4, 0.5) is 0 Å². The number of benzene rings is 3. The van der Waals surface area contributed by atoms with Crippen LogP contribution in [0.25, 0.3) is 0 Å². The summed E-state index contributed by atoms with van der Waals surface area (Å²) in [4.78, 5) is 4.99. The minimum absolute atomic E-state index is 0.153. The van der Waals surface area contributed by atoms with Gasteiger partial charge in [-0.25, -0.2) is 0 Å². The first kappa shape index (κ1) is 21.5. The zero-order valence-corrected chi connectivity index (χ0v) is 19.3. The third-order valence-electron chi connectivity index (χ3n) is 4.02. The maximum atomic E-state index is 13.1. The molecule has 0 bridgehead atoms. The van der Waals surface area contributed by atoms with Crippen molar-refractivity contribution in [2.75, 3.05) is 7.11 Å². The zero-order valence-electron chi connectivity index (χ0n) is 16.4. The van der Waals surface area contributed by atoms with E-state index in [9.17, 15) is 8.42 Å². The first-order valence-corrected chi connectivity index (χ1v) is 13.3. The molecule has 3 aromatic rings. The average molecular weight is 523 g/mol. The summed E-state index contributed by atoms with van der Waals surface area (Å²) < 4.78 is 33.7. The first-order valence-electron chi connectivity index (χ1n) is 8.84. The van der Waals surface area contributed by atoms with Crippen molar-refractivity contribution >= 4 is 36.6 Å². The Morgan fingerprint density at radius 2 is 1.55 bits per heavy atom. The number of rotatable bonds is 7. The van der Waals surface area contributed by atoms with Gasteiger partial charge in [0.05, 0.1) is 0 Å². The quantitative estimate of drug-likeness (QED) is 0.244. The van der Waals surface area contributed by atoms with Crippen molar-refractivity contribution in [1.29, 1.82) is 0 Å². The molecule has 0 aromatic heterocycles. The molecule has 3 rings (SSSR count). The van der Waals surface area contributed by atoms with E-state index in [-0.39, 0.29) is 4.90 Å². The second-order valence-corrected chi connectivity index (χ2v) is 12.7. The fourth-order valence-electron chi connectivity index (χ4n) is 2.57. The molecule has 0 heterocycles. The van der Waals surface area contributed by atoms with Crippen LogP contribution in [0.1, 0.15) is 16.7 Å². The summed E-state index contributed by atoms with van der Waals surface area (Å²) in [6.45, 7) is 3.88. The standard InChI is InChI=1S/C22H22INO4S/c1-17-9-12-21(13-10-17)29(25,26)28-23(20-7-5-4-6-8-20)22-14-11-18(2)15-19(22)16-24-27-3/h4-16H,1-3H3/b24-16+. The number of hydrogen-bond acceptors (Lipinski definition) is 5. The summed E-state index contributed by atoms with van der Waals surface area (Å²) in [5.41, 5.74) is 2.82. The molecule has 0 amide bonds. The molecule has 3 aromatic carbocycles. The van der Waals surface area contributed by atoms with Gasteiger partial charge in [-0.2, -0.15) is 0 Å². The normalized spacial score (nSPS) is 12.2. The predicted molar refractivity (Wildman–Crippen MR) is 123 cm³/mol.